The molecular weight excluding hydrogens is 342 g/mol. The van der Waals surface area contributed by atoms with Crippen molar-refractivity contribution in [1.29, 1.82) is 0 Å². The molecule has 5 heteroatoms. The van der Waals surface area contributed by atoms with E-state index in [0.29, 0.717) is 34.0 Å². The van der Waals surface area contributed by atoms with Gasteiger partial charge in [0.1, 0.15) is 11.5 Å². The molecule has 1 N–H and O–H groups in total. The number of methoxy groups -OCH3 is 2. The standard InChI is InChI=1S/C22H19NO4/c1-26-17-10-8-16(9-11-17)23-20-14-18(27-2)12-13-19(20)21(24)22(23,25)15-6-4-3-5-7-15/h3-14,25H,1-2H3. The maximum absolute atomic E-state index is 13.3. The van der Waals surface area contributed by atoms with Gasteiger partial charge >= 0.3 is 0 Å². The van der Waals surface area contributed by atoms with E-state index in [4.69, 9.17) is 9.47 Å². The van der Waals surface area contributed by atoms with Crippen LogP contribution in [0.4, 0.5) is 11.4 Å². The van der Waals surface area contributed by atoms with Crippen molar-refractivity contribution >= 4 is 17.2 Å². The number of ether oxygens (including phenoxy) is 2. The molecule has 0 aromatic heterocycles. The van der Waals surface area contributed by atoms with Gasteiger partial charge in [-0.05, 0) is 36.4 Å². The van der Waals surface area contributed by atoms with Crippen LogP contribution in [0, 0.1) is 0 Å². The van der Waals surface area contributed by atoms with Gasteiger partial charge in [0, 0.05) is 22.9 Å². The molecule has 1 aliphatic heterocycles. The quantitative estimate of drug-likeness (QED) is 0.764. The zero-order valence-electron chi connectivity index (χ0n) is 15.0. The number of aliphatic hydroxyl groups is 1. The van der Waals surface area contributed by atoms with Crippen molar-refractivity contribution in [2.24, 2.45) is 0 Å². The van der Waals surface area contributed by atoms with Crippen molar-refractivity contribution in [1.82, 2.24) is 0 Å². The van der Waals surface area contributed by atoms with Gasteiger partial charge in [-0.2, -0.15) is 0 Å². The molecule has 0 bridgehead atoms. The van der Waals surface area contributed by atoms with Gasteiger partial charge in [0.05, 0.1) is 19.9 Å². The van der Waals surface area contributed by atoms with E-state index in [1.807, 2.05) is 18.2 Å². The summed E-state index contributed by atoms with van der Waals surface area (Å²) in [6.45, 7) is 0. The third kappa shape index (κ3) is 2.55. The summed E-state index contributed by atoms with van der Waals surface area (Å²) in [7, 11) is 3.16. The van der Waals surface area contributed by atoms with Crippen LogP contribution in [-0.2, 0) is 5.72 Å². The van der Waals surface area contributed by atoms with E-state index in [1.54, 1.807) is 73.7 Å². The maximum Gasteiger partial charge on any atom is 0.234 e. The van der Waals surface area contributed by atoms with Gasteiger partial charge in [-0.1, -0.05) is 30.3 Å². The molecule has 0 saturated carbocycles. The highest BCUT2D eigenvalue weighted by Crippen LogP contribution is 2.49. The molecule has 0 aliphatic carbocycles. The first-order valence-electron chi connectivity index (χ1n) is 8.54. The van der Waals surface area contributed by atoms with E-state index >= 15 is 0 Å². The first-order chi connectivity index (χ1) is 13.1. The molecular formula is C22H19NO4. The minimum absolute atomic E-state index is 0.373. The summed E-state index contributed by atoms with van der Waals surface area (Å²) >= 11 is 0. The monoisotopic (exact) mass is 361 g/mol. The molecule has 0 spiro atoms. The Labute approximate surface area is 157 Å². The highest BCUT2D eigenvalue weighted by molar-refractivity contribution is 6.15. The molecule has 1 atom stereocenters. The minimum Gasteiger partial charge on any atom is -0.497 e. The second-order valence-electron chi connectivity index (χ2n) is 6.28. The van der Waals surface area contributed by atoms with Crippen LogP contribution in [-0.4, -0.2) is 25.1 Å². The number of hydrogen-bond acceptors (Lipinski definition) is 5. The van der Waals surface area contributed by atoms with Gasteiger partial charge in [0.25, 0.3) is 0 Å². The Kier molecular flexibility index (Phi) is 4.09. The second kappa shape index (κ2) is 6.45. The largest absolute Gasteiger partial charge is 0.497 e. The number of Topliss-reactive ketones (excluding diaryl/α,β-unsaturated/α-hetero) is 1. The topological polar surface area (TPSA) is 59.0 Å². The average Bonchev–Trinajstić information content (AvgIpc) is 2.96. The molecule has 1 heterocycles. The number of hydrogen-bond donors (Lipinski definition) is 1. The number of carbonyl (C=O) groups excluding carboxylic acids is 1. The Morgan fingerprint density at radius 2 is 1.48 bits per heavy atom. The number of fused-ring (bicyclic) bond motifs is 1. The first-order valence-corrected chi connectivity index (χ1v) is 8.54. The van der Waals surface area contributed by atoms with Crippen LogP contribution in [0.3, 0.4) is 0 Å². The van der Waals surface area contributed by atoms with E-state index in [1.165, 1.54) is 0 Å². The zero-order chi connectivity index (χ0) is 19.0. The molecule has 3 aromatic carbocycles. The number of nitrogens with zero attached hydrogens (tertiary/aromatic N) is 1. The van der Waals surface area contributed by atoms with Gasteiger partial charge in [-0.25, -0.2) is 0 Å². The summed E-state index contributed by atoms with van der Waals surface area (Å²) in [5, 5.41) is 11.7. The molecule has 1 unspecified atom stereocenters. The molecule has 0 amide bonds. The second-order valence-corrected chi connectivity index (χ2v) is 6.28. The van der Waals surface area contributed by atoms with Crippen LogP contribution < -0.4 is 14.4 Å². The fourth-order valence-electron chi connectivity index (χ4n) is 3.47. The molecule has 3 aromatic rings. The van der Waals surface area contributed by atoms with E-state index in [0.717, 1.165) is 0 Å². The van der Waals surface area contributed by atoms with Crippen molar-refractivity contribution in [2.75, 3.05) is 19.1 Å². The van der Waals surface area contributed by atoms with E-state index in [-0.39, 0.29) is 5.78 Å². The van der Waals surface area contributed by atoms with E-state index < -0.39 is 5.72 Å². The molecule has 136 valence electrons. The summed E-state index contributed by atoms with van der Waals surface area (Å²) < 4.78 is 10.6. The smallest absolute Gasteiger partial charge is 0.234 e. The lowest BCUT2D eigenvalue weighted by atomic mass is 9.96. The Bertz CT molecular complexity index is 985. The zero-order valence-corrected chi connectivity index (χ0v) is 15.0. The summed E-state index contributed by atoms with van der Waals surface area (Å²) in [5.74, 6) is 0.929. The van der Waals surface area contributed by atoms with Crippen LogP contribution >= 0.6 is 0 Å². The van der Waals surface area contributed by atoms with E-state index in [2.05, 4.69) is 0 Å². The Hall–Kier alpha value is -3.31. The normalized spacial score (nSPS) is 18.3. The van der Waals surface area contributed by atoms with Gasteiger partial charge in [-0.15, -0.1) is 0 Å². The molecule has 27 heavy (non-hydrogen) atoms. The number of ketones is 1. The van der Waals surface area contributed by atoms with Crippen LogP contribution in [0.1, 0.15) is 15.9 Å². The van der Waals surface area contributed by atoms with Crippen molar-refractivity contribution in [2.45, 2.75) is 5.72 Å². The molecule has 0 saturated heterocycles. The van der Waals surface area contributed by atoms with Crippen LogP contribution in [0.2, 0.25) is 0 Å². The predicted molar refractivity (Wildman–Crippen MR) is 103 cm³/mol. The number of benzene rings is 3. The lowest BCUT2D eigenvalue weighted by Crippen LogP contribution is -2.45. The molecule has 5 nitrogen and oxygen atoms in total. The molecule has 0 fully saturated rings. The lowest BCUT2D eigenvalue weighted by Gasteiger charge is -2.34. The lowest BCUT2D eigenvalue weighted by molar-refractivity contribution is 0.0378. The summed E-state index contributed by atoms with van der Waals surface area (Å²) in [6, 6.07) is 21.3. The Morgan fingerprint density at radius 1 is 0.852 bits per heavy atom. The van der Waals surface area contributed by atoms with Crippen LogP contribution in [0.15, 0.2) is 72.8 Å². The number of anilines is 2. The van der Waals surface area contributed by atoms with Gasteiger partial charge < -0.3 is 19.5 Å². The number of rotatable bonds is 4. The van der Waals surface area contributed by atoms with Crippen molar-refractivity contribution in [3.8, 4) is 11.5 Å². The highest BCUT2D eigenvalue weighted by Gasteiger charge is 2.52. The van der Waals surface area contributed by atoms with Gasteiger partial charge in [0.15, 0.2) is 0 Å². The first kappa shape index (κ1) is 17.1. The third-order valence-electron chi connectivity index (χ3n) is 4.84. The van der Waals surface area contributed by atoms with Crippen molar-refractivity contribution in [3.63, 3.8) is 0 Å². The number of carbonyl (C=O) groups is 1. The average molecular weight is 361 g/mol. The van der Waals surface area contributed by atoms with Crippen molar-refractivity contribution < 1.29 is 19.4 Å². The molecule has 0 radical (unpaired) electrons. The third-order valence-corrected chi connectivity index (χ3v) is 4.84. The predicted octanol–water partition coefficient (Wildman–Crippen LogP) is 3.88. The minimum atomic E-state index is -1.84. The van der Waals surface area contributed by atoms with Gasteiger partial charge in [0.2, 0.25) is 11.5 Å². The summed E-state index contributed by atoms with van der Waals surface area (Å²) in [5.41, 5.74) is 0.363. The Balaban J connectivity index is 1.96. The van der Waals surface area contributed by atoms with Crippen molar-refractivity contribution in [3.05, 3.63) is 83.9 Å². The van der Waals surface area contributed by atoms with Gasteiger partial charge in [-0.3, -0.25) is 4.79 Å². The fraction of sp³-hybridized carbons (Fsp3) is 0.136. The Morgan fingerprint density at radius 3 is 2.11 bits per heavy atom. The molecule has 1 aliphatic rings. The summed E-state index contributed by atoms with van der Waals surface area (Å²) in [4.78, 5) is 14.9. The van der Waals surface area contributed by atoms with Crippen LogP contribution in [0.25, 0.3) is 0 Å². The van der Waals surface area contributed by atoms with E-state index in [9.17, 15) is 9.90 Å². The maximum atomic E-state index is 13.3. The highest BCUT2D eigenvalue weighted by atomic mass is 16.5. The summed E-state index contributed by atoms with van der Waals surface area (Å²) in [6.07, 6.45) is 0. The fourth-order valence-corrected chi connectivity index (χ4v) is 3.47. The van der Waals surface area contributed by atoms with Crippen LogP contribution in [0.5, 0.6) is 11.5 Å². The SMILES string of the molecule is COc1ccc(N2c3cc(OC)ccc3C(=O)C2(O)c2ccccc2)cc1. The molecule has 4 rings (SSSR count).